The lowest BCUT2D eigenvalue weighted by atomic mass is 10.1. The van der Waals surface area contributed by atoms with E-state index in [2.05, 4.69) is 14.9 Å². The Morgan fingerprint density at radius 3 is 3.11 bits per heavy atom. The van der Waals surface area contributed by atoms with Gasteiger partial charge in [-0.1, -0.05) is 0 Å². The maximum absolute atomic E-state index is 5.79. The number of H-pyrrole nitrogens is 1. The van der Waals surface area contributed by atoms with Gasteiger partial charge in [-0.15, -0.1) is 0 Å². The molecule has 4 rings (SSSR count). The van der Waals surface area contributed by atoms with Crippen molar-refractivity contribution in [2.75, 3.05) is 18.8 Å². The first-order chi connectivity index (χ1) is 9.28. The molecule has 0 amide bonds. The van der Waals surface area contributed by atoms with Crippen LogP contribution in [0.15, 0.2) is 18.2 Å². The highest BCUT2D eigenvalue weighted by atomic mass is 15.2. The third kappa shape index (κ3) is 2.00. The number of benzene rings is 1. The number of imidazole rings is 1. The second-order valence-electron chi connectivity index (χ2n) is 6.04. The first kappa shape index (κ1) is 11.3. The van der Waals surface area contributed by atoms with Crippen LogP contribution in [0.25, 0.3) is 11.0 Å². The maximum Gasteiger partial charge on any atom is 0.108 e. The SMILES string of the molecule is Nc1ccc2nc(CCN3CC4CCC3C4)[nH]c2c1. The van der Waals surface area contributed by atoms with Crippen LogP contribution in [0, 0.1) is 5.92 Å². The lowest BCUT2D eigenvalue weighted by Crippen LogP contribution is -2.33. The Labute approximate surface area is 113 Å². The number of fused-ring (bicyclic) bond motifs is 3. The van der Waals surface area contributed by atoms with Crippen molar-refractivity contribution in [3.05, 3.63) is 24.0 Å². The third-order valence-electron chi connectivity index (χ3n) is 4.71. The number of nitrogens with two attached hydrogens (primary N) is 1. The van der Waals surface area contributed by atoms with Crippen LogP contribution in [-0.4, -0.2) is 34.0 Å². The molecule has 0 spiro atoms. The minimum absolute atomic E-state index is 0.791. The zero-order valence-corrected chi connectivity index (χ0v) is 11.1. The molecule has 100 valence electrons. The quantitative estimate of drug-likeness (QED) is 0.827. The summed E-state index contributed by atoms with van der Waals surface area (Å²) in [6, 6.07) is 6.71. The van der Waals surface area contributed by atoms with Gasteiger partial charge in [0, 0.05) is 31.2 Å². The van der Waals surface area contributed by atoms with Crippen molar-refractivity contribution < 1.29 is 0 Å². The number of aromatic nitrogens is 2. The van der Waals surface area contributed by atoms with Gasteiger partial charge in [-0.2, -0.15) is 0 Å². The van der Waals surface area contributed by atoms with E-state index in [1.807, 2.05) is 18.2 Å². The number of nitrogens with one attached hydrogen (secondary N) is 1. The number of anilines is 1. The molecule has 2 aliphatic rings. The van der Waals surface area contributed by atoms with Crippen LogP contribution in [0.4, 0.5) is 5.69 Å². The number of hydrogen-bond acceptors (Lipinski definition) is 3. The van der Waals surface area contributed by atoms with Gasteiger partial charge in [-0.25, -0.2) is 4.98 Å². The van der Waals surface area contributed by atoms with Gasteiger partial charge >= 0.3 is 0 Å². The lowest BCUT2D eigenvalue weighted by molar-refractivity contribution is 0.215. The minimum Gasteiger partial charge on any atom is -0.399 e. The zero-order chi connectivity index (χ0) is 12.8. The third-order valence-corrected chi connectivity index (χ3v) is 4.71. The Bertz CT molecular complexity index is 603. The molecule has 19 heavy (non-hydrogen) atoms. The fraction of sp³-hybridized carbons (Fsp3) is 0.533. The van der Waals surface area contributed by atoms with E-state index in [9.17, 15) is 0 Å². The molecule has 2 heterocycles. The lowest BCUT2D eigenvalue weighted by Gasteiger charge is -2.26. The molecule has 4 heteroatoms. The van der Waals surface area contributed by atoms with Gasteiger partial charge in [0.1, 0.15) is 5.82 Å². The van der Waals surface area contributed by atoms with Crippen LogP contribution in [0.1, 0.15) is 25.1 Å². The monoisotopic (exact) mass is 256 g/mol. The summed E-state index contributed by atoms with van der Waals surface area (Å²) in [5, 5.41) is 0. The van der Waals surface area contributed by atoms with Gasteiger partial charge in [0.15, 0.2) is 0 Å². The van der Waals surface area contributed by atoms with Gasteiger partial charge in [0.25, 0.3) is 0 Å². The molecule has 1 saturated carbocycles. The first-order valence-corrected chi connectivity index (χ1v) is 7.26. The molecule has 2 fully saturated rings. The van der Waals surface area contributed by atoms with Gasteiger partial charge in [-0.3, -0.25) is 4.90 Å². The number of piperidine rings is 1. The van der Waals surface area contributed by atoms with Crippen molar-refractivity contribution in [1.29, 1.82) is 0 Å². The van der Waals surface area contributed by atoms with Crippen molar-refractivity contribution in [3.8, 4) is 0 Å². The molecule has 1 saturated heterocycles. The topological polar surface area (TPSA) is 57.9 Å². The van der Waals surface area contributed by atoms with Crippen molar-refractivity contribution in [2.24, 2.45) is 5.92 Å². The molecule has 2 bridgehead atoms. The Hall–Kier alpha value is -1.55. The predicted molar refractivity (Wildman–Crippen MR) is 76.9 cm³/mol. The van der Waals surface area contributed by atoms with Crippen LogP contribution >= 0.6 is 0 Å². The molecule has 3 N–H and O–H groups in total. The van der Waals surface area contributed by atoms with Gasteiger partial charge in [0.05, 0.1) is 11.0 Å². The van der Waals surface area contributed by atoms with Crippen LogP contribution in [-0.2, 0) is 6.42 Å². The van der Waals surface area contributed by atoms with Gasteiger partial charge in [-0.05, 0) is 43.4 Å². The van der Waals surface area contributed by atoms with Crippen molar-refractivity contribution in [3.63, 3.8) is 0 Å². The van der Waals surface area contributed by atoms with E-state index < -0.39 is 0 Å². The number of nitrogens with zero attached hydrogens (tertiary/aromatic N) is 2. The summed E-state index contributed by atoms with van der Waals surface area (Å²) in [6.07, 6.45) is 5.29. The van der Waals surface area contributed by atoms with E-state index in [1.165, 1.54) is 25.8 Å². The zero-order valence-electron chi connectivity index (χ0n) is 11.1. The van der Waals surface area contributed by atoms with Crippen LogP contribution in [0.3, 0.4) is 0 Å². The van der Waals surface area contributed by atoms with Crippen molar-refractivity contribution in [2.45, 2.75) is 31.7 Å². The van der Waals surface area contributed by atoms with E-state index in [0.29, 0.717) is 0 Å². The Morgan fingerprint density at radius 2 is 2.32 bits per heavy atom. The summed E-state index contributed by atoms with van der Waals surface area (Å²) in [4.78, 5) is 10.7. The molecular weight excluding hydrogens is 236 g/mol. The summed E-state index contributed by atoms with van der Waals surface area (Å²) in [5.41, 5.74) is 8.66. The highest BCUT2D eigenvalue weighted by molar-refractivity contribution is 5.78. The number of rotatable bonds is 3. The van der Waals surface area contributed by atoms with Gasteiger partial charge in [0.2, 0.25) is 0 Å². The van der Waals surface area contributed by atoms with E-state index in [-0.39, 0.29) is 0 Å². The van der Waals surface area contributed by atoms with E-state index in [0.717, 1.165) is 47.5 Å². The van der Waals surface area contributed by atoms with Crippen molar-refractivity contribution in [1.82, 2.24) is 14.9 Å². The Kier molecular flexibility index (Phi) is 2.52. The van der Waals surface area contributed by atoms with E-state index >= 15 is 0 Å². The Morgan fingerprint density at radius 1 is 1.37 bits per heavy atom. The van der Waals surface area contributed by atoms with Gasteiger partial charge < -0.3 is 10.7 Å². The summed E-state index contributed by atoms with van der Waals surface area (Å²) in [5.74, 6) is 2.06. The second kappa shape index (κ2) is 4.23. The average molecular weight is 256 g/mol. The molecule has 1 aromatic heterocycles. The number of aromatic amines is 1. The molecule has 4 nitrogen and oxygen atoms in total. The highest BCUT2D eigenvalue weighted by Gasteiger charge is 2.37. The largest absolute Gasteiger partial charge is 0.399 e. The fourth-order valence-corrected chi connectivity index (χ4v) is 3.75. The smallest absolute Gasteiger partial charge is 0.108 e. The number of likely N-dealkylation sites (tertiary alicyclic amines) is 1. The Balaban J connectivity index is 1.46. The molecule has 1 aliphatic heterocycles. The predicted octanol–water partition coefficient (Wildman–Crippen LogP) is 2.17. The first-order valence-electron chi connectivity index (χ1n) is 7.26. The molecule has 2 unspecified atom stereocenters. The molecule has 2 aromatic rings. The second-order valence-corrected chi connectivity index (χ2v) is 6.04. The highest BCUT2D eigenvalue weighted by Crippen LogP contribution is 2.37. The number of nitrogen functional groups attached to an aromatic ring is 1. The summed E-state index contributed by atoms with van der Waals surface area (Å²) < 4.78 is 0. The fourth-order valence-electron chi connectivity index (χ4n) is 3.75. The standard InChI is InChI=1S/C15H20N4/c16-11-2-4-13-14(8-11)18-15(17-13)5-6-19-9-10-1-3-12(19)7-10/h2,4,8,10,12H,1,3,5-7,9,16H2,(H,17,18). The minimum atomic E-state index is 0.791. The maximum atomic E-state index is 5.79. The van der Waals surface area contributed by atoms with Crippen LogP contribution in [0.5, 0.6) is 0 Å². The summed E-state index contributed by atoms with van der Waals surface area (Å²) in [6.45, 7) is 2.44. The summed E-state index contributed by atoms with van der Waals surface area (Å²) >= 11 is 0. The van der Waals surface area contributed by atoms with Crippen LogP contribution < -0.4 is 5.73 Å². The van der Waals surface area contributed by atoms with E-state index in [1.54, 1.807) is 0 Å². The normalized spacial score (nSPS) is 26.5. The van der Waals surface area contributed by atoms with Crippen molar-refractivity contribution >= 4 is 16.7 Å². The molecular formula is C15H20N4. The summed E-state index contributed by atoms with van der Waals surface area (Å²) in [7, 11) is 0. The molecule has 0 radical (unpaired) electrons. The molecule has 1 aliphatic carbocycles. The van der Waals surface area contributed by atoms with E-state index in [4.69, 9.17) is 5.73 Å². The molecule has 2 atom stereocenters. The molecule has 1 aromatic carbocycles. The van der Waals surface area contributed by atoms with Crippen LogP contribution in [0.2, 0.25) is 0 Å². The average Bonchev–Trinajstić information content (AvgIpc) is 3.09. The number of hydrogen-bond donors (Lipinski definition) is 2.